The average molecular weight is 2010 g/mol. The maximum atomic E-state index is 15.3. The lowest BCUT2D eigenvalue weighted by Gasteiger charge is -2.38. The molecule has 3 aromatic heterocycles. The first kappa shape index (κ1) is 104. The number of alkyl halides is 12. The minimum atomic E-state index is -4.89. The molecule has 7 aromatic carbocycles. The number of fused-ring (bicyclic) bond motifs is 4. The molecule has 3 N–H and O–H groups in total. The molecule has 5 aliphatic heterocycles. The molecule has 0 spiro atoms. The van der Waals surface area contributed by atoms with Gasteiger partial charge in [0.05, 0.1) is 110 Å². The summed E-state index contributed by atoms with van der Waals surface area (Å²) in [5.41, 5.74) is -4.46. The molecule has 3 amide bonds. The molecule has 0 bridgehead atoms. The van der Waals surface area contributed by atoms with Crippen LogP contribution in [0.15, 0.2) is 136 Å². The molecule has 2 fully saturated rings. The van der Waals surface area contributed by atoms with Gasteiger partial charge in [-0.1, -0.05) is 83.9 Å². The van der Waals surface area contributed by atoms with Crippen molar-refractivity contribution in [3.63, 3.8) is 0 Å². The summed E-state index contributed by atoms with van der Waals surface area (Å²) in [4.78, 5) is 119. The third-order valence-electron chi connectivity index (χ3n) is 24.6. The number of amides is 3. The lowest BCUT2D eigenvalue weighted by atomic mass is 9.89. The fraction of sp³-hybridized carbons (Fsp3) is 0.371. The number of ether oxygens (including phenoxy) is 8. The van der Waals surface area contributed by atoms with Gasteiger partial charge in [-0.2, -0.15) is 52.7 Å². The van der Waals surface area contributed by atoms with Gasteiger partial charge in [0.25, 0.3) is 34.4 Å². The van der Waals surface area contributed by atoms with Gasteiger partial charge in [-0.25, -0.2) is 31.9 Å². The second-order valence-electron chi connectivity index (χ2n) is 34.1. The predicted molar refractivity (Wildman–Crippen MR) is 481 cm³/mol. The molecule has 43 heteroatoms. The number of rotatable bonds is 20. The molecule has 15 rings (SSSR count). The highest BCUT2D eigenvalue weighted by Gasteiger charge is 2.49. The number of hydrogen-bond donors (Lipinski definition) is 3. The van der Waals surface area contributed by atoms with Crippen molar-refractivity contribution in [2.75, 3.05) is 83.9 Å². The molecular weight excluding hydrogens is 1920 g/mol. The van der Waals surface area contributed by atoms with Crippen LogP contribution in [0.3, 0.4) is 0 Å². The number of nitrogens with one attached hydrogen (secondary N) is 3. The number of para-hydroxylation sites is 1. The van der Waals surface area contributed by atoms with Crippen LogP contribution in [0, 0.1) is 37.1 Å². The summed E-state index contributed by atoms with van der Waals surface area (Å²) in [6.45, 7) is 4.40. The Bertz CT molecular complexity index is 6410. The first-order chi connectivity index (χ1) is 65.9. The lowest BCUT2D eigenvalue weighted by molar-refractivity contribution is -0.167. The van der Waals surface area contributed by atoms with E-state index >= 15 is 17.6 Å². The molecule has 5 atom stereocenters. The zero-order valence-electron chi connectivity index (χ0n) is 76.2. The number of methoxy groups -OCH3 is 3. The maximum Gasteiger partial charge on any atom is 0.417 e. The first-order valence-corrected chi connectivity index (χ1v) is 44.1. The fourth-order valence-electron chi connectivity index (χ4n) is 17.5. The number of nitrogens with zero attached hydrogens (tertiary/aromatic N) is 5. The number of benzene rings is 7. The number of carbonyl (C=O) groups is 6. The third-order valence-corrected chi connectivity index (χ3v) is 25.3. The molecule has 746 valence electrons. The molecule has 0 aliphatic carbocycles. The molecule has 25 nitrogen and oxygen atoms in total. The van der Waals surface area contributed by atoms with Crippen molar-refractivity contribution >= 4 is 81.1 Å². The lowest BCUT2D eigenvalue weighted by Crippen LogP contribution is -2.53. The number of hydrogen-bond acceptors (Lipinski definition) is 19. The normalized spacial score (nSPS) is 16.3. The van der Waals surface area contributed by atoms with Gasteiger partial charge in [0, 0.05) is 105 Å². The summed E-state index contributed by atoms with van der Waals surface area (Å²) in [5, 5.41) is 8.41. The summed E-state index contributed by atoms with van der Waals surface area (Å²) >= 11 is 12.4. The zero-order chi connectivity index (χ0) is 102. The van der Waals surface area contributed by atoms with E-state index in [1.807, 2.05) is 56.3 Å². The highest BCUT2D eigenvalue weighted by Crippen LogP contribution is 2.49. The van der Waals surface area contributed by atoms with Crippen molar-refractivity contribution in [2.24, 2.45) is 21.1 Å². The van der Waals surface area contributed by atoms with Crippen LogP contribution in [-0.4, -0.2) is 172 Å². The van der Waals surface area contributed by atoms with E-state index in [1.54, 1.807) is 29.8 Å². The number of esters is 3. The summed E-state index contributed by atoms with van der Waals surface area (Å²) in [6, 6.07) is 18.7. The number of halogens is 18. The van der Waals surface area contributed by atoms with E-state index in [0.29, 0.717) is 92.5 Å². The molecule has 5 aliphatic rings. The predicted octanol–water partition coefficient (Wildman–Crippen LogP) is 16.3. The Kier molecular flexibility index (Phi) is 31.1. The summed E-state index contributed by atoms with van der Waals surface area (Å²) < 4.78 is 273. The van der Waals surface area contributed by atoms with E-state index < -0.39 is 189 Å². The minimum Gasteiger partial charge on any atom is -0.493 e. The van der Waals surface area contributed by atoms with Crippen LogP contribution in [0.1, 0.15) is 114 Å². The Labute approximate surface area is 797 Å². The zero-order valence-corrected chi connectivity index (χ0v) is 77.7. The number of aromatic nitrogens is 3. The van der Waals surface area contributed by atoms with E-state index in [-0.39, 0.29) is 127 Å². The van der Waals surface area contributed by atoms with Crippen LogP contribution in [0.5, 0.6) is 17.2 Å². The second kappa shape index (κ2) is 41.7. The molecule has 140 heavy (non-hydrogen) atoms. The summed E-state index contributed by atoms with van der Waals surface area (Å²) in [6.07, 6.45) is -18.1. The van der Waals surface area contributed by atoms with E-state index in [1.165, 1.54) is 59.3 Å². The van der Waals surface area contributed by atoms with Crippen molar-refractivity contribution in [1.29, 1.82) is 0 Å². The molecule has 0 unspecified atom stereocenters. The number of anilines is 2. The van der Waals surface area contributed by atoms with E-state index in [9.17, 15) is 95.8 Å². The average Bonchev–Trinajstić information content (AvgIpc) is 0.980. The largest absolute Gasteiger partial charge is 0.493 e. The van der Waals surface area contributed by atoms with Gasteiger partial charge in [0.1, 0.15) is 87.5 Å². The van der Waals surface area contributed by atoms with Crippen molar-refractivity contribution in [2.45, 2.75) is 140 Å². The van der Waals surface area contributed by atoms with Gasteiger partial charge in [0.2, 0.25) is 0 Å². The van der Waals surface area contributed by atoms with Crippen molar-refractivity contribution < 1.29 is 137 Å². The Morgan fingerprint density at radius 1 is 0.457 bits per heavy atom. The highest BCUT2D eigenvalue weighted by atomic mass is 35.5. The van der Waals surface area contributed by atoms with Crippen LogP contribution in [-0.2, 0) is 110 Å². The molecule has 8 heterocycles. The topological polar surface area (TPSA) is 285 Å². The summed E-state index contributed by atoms with van der Waals surface area (Å²) in [7, 11) is 7.65. The number of morpholine rings is 2. The molecule has 2 saturated heterocycles. The molecule has 0 radical (unpaired) electrons. The van der Waals surface area contributed by atoms with Crippen LogP contribution in [0.4, 0.5) is 81.6 Å². The van der Waals surface area contributed by atoms with E-state index in [2.05, 4.69) is 16.0 Å². The van der Waals surface area contributed by atoms with E-state index in [0.717, 1.165) is 57.5 Å². The standard InChI is InChI=1S/2C33H31F8N3O6.C31H28Cl2N2O5/c2*1-16-11-21(32(36,37)38)26(30(46)43(16)2)20-7-6-17(19-5-4-9-50-28(19)20)12-24(31(47)48-3)42-29(45)27-22(34)13-18(14-23(27)35)44-8-10-49-15-25(44)33(39,40)41;1-31(2)16-21-17(15-24(30(38)39-4)34-28(36)26-22(32)9-7-10-23(26)33)12-13-19(27(21)40-31)20-14-18-8-5-6-11-25(18)35(3)29(20)37/h2*6-7,11,13-14,24-25H,4-5,8-10,12,15H2,1-3H3,(H,42,45);5-14,24H,15-16H2,1-4H3,(H,34,36)/t2*24-,25+;24-/m000/s1. The van der Waals surface area contributed by atoms with Gasteiger partial charge >= 0.3 is 42.6 Å². The second-order valence-corrected chi connectivity index (χ2v) is 34.9. The Balaban J connectivity index is 0.000000178. The molecule has 0 saturated carbocycles. The van der Waals surface area contributed by atoms with Crippen LogP contribution in [0.2, 0.25) is 10.0 Å². The number of aryl methyl sites for hydroxylation is 3. The fourth-order valence-corrected chi connectivity index (χ4v) is 18.1. The SMILES string of the molecule is COC(=O)[C@H](Cc1ccc(-c2c(C(F)(F)F)cc(C)n(C)c2=O)c2c1CCCO2)NC(=O)c1c(F)cc(N2CCOC[C@@H]2C(F)(F)F)cc1F.COC(=O)[C@H](Cc1ccc(-c2c(C(F)(F)F)cc(C)n(C)c2=O)c2c1CCCO2)NC(=O)c1c(F)cc(N2CCOC[C@@H]2C(F)(F)F)cc1F.COC(=O)[C@H](Cc1ccc(-c2cc3ccccc3n(C)c2=O)c2c1CC(C)(C)O2)NC(=O)c1c(Cl)cccc1Cl. The quantitative estimate of drug-likeness (QED) is 0.0363. The van der Waals surface area contributed by atoms with Crippen molar-refractivity contribution in [1.82, 2.24) is 29.7 Å². The Morgan fingerprint density at radius 2 is 0.836 bits per heavy atom. The third kappa shape index (κ3) is 22.0. The first-order valence-electron chi connectivity index (χ1n) is 43.3. The van der Waals surface area contributed by atoms with Gasteiger partial charge in [-0.3, -0.25) is 28.8 Å². The smallest absolute Gasteiger partial charge is 0.417 e. The van der Waals surface area contributed by atoms with Crippen LogP contribution in [0.25, 0.3) is 44.3 Å². The van der Waals surface area contributed by atoms with Gasteiger partial charge in [-0.05, 0) is 147 Å². The van der Waals surface area contributed by atoms with Gasteiger partial charge < -0.3 is 77.3 Å². The van der Waals surface area contributed by atoms with Gasteiger partial charge in [-0.15, -0.1) is 0 Å². The van der Waals surface area contributed by atoms with Crippen molar-refractivity contribution in [3.8, 4) is 50.6 Å². The van der Waals surface area contributed by atoms with E-state index in [4.69, 9.17) is 61.1 Å². The minimum absolute atomic E-state index is 0.0249. The Morgan fingerprint density at radius 3 is 1.22 bits per heavy atom. The van der Waals surface area contributed by atoms with Crippen molar-refractivity contribution in [3.05, 3.63) is 258 Å². The maximum absolute atomic E-state index is 15.3. The number of carbonyl (C=O) groups excluding carboxylic acids is 6. The van der Waals surface area contributed by atoms with Gasteiger partial charge in [0.15, 0.2) is 0 Å². The molecule has 10 aromatic rings. The monoisotopic (exact) mass is 2010 g/mol. The van der Waals surface area contributed by atoms with Crippen LogP contribution < -0.4 is 56.6 Å². The highest BCUT2D eigenvalue weighted by molar-refractivity contribution is 6.39. The summed E-state index contributed by atoms with van der Waals surface area (Å²) in [5.74, 6) is -11.6. The molecular formula is C97H90Cl2F16N8O17. The Hall–Kier alpha value is -13.2. The van der Waals surface area contributed by atoms with Crippen LogP contribution >= 0.6 is 23.2 Å². The number of pyridine rings is 3.